The molecule has 1 fully saturated rings. The fraction of sp³-hybridized carbons (Fsp3) is 0.333. The molecule has 1 heterocycles. The van der Waals surface area contributed by atoms with Crippen molar-refractivity contribution in [3.8, 4) is 11.5 Å². The summed E-state index contributed by atoms with van der Waals surface area (Å²) in [4.78, 5) is 2.30. The van der Waals surface area contributed by atoms with Gasteiger partial charge >= 0.3 is 6.36 Å². The molecule has 0 spiro atoms. The van der Waals surface area contributed by atoms with Crippen LogP contribution >= 0.6 is 0 Å². The minimum atomic E-state index is -4.83. The summed E-state index contributed by atoms with van der Waals surface area (Å²) in [6, 6.07) is 19.4. The molecule has 3 aromatic carbocycles. The van der Waals surface area contributed by atoms with Crippen molar-refractivity contribution in [2.45, 2.75) is 55.3 Å². The van der Waals surface area contributed by atoms with Crippen LogP contribution < -0.4 is 19.1 Å². The summed E-state index contributed by atoms with van der Waals surface area (Å²) in [6.07, 6.45) is -3.77. The number of hydrogen-bond donors (Lipinski definition) is 2. The predicted molar refractivity (Wildman–Crippen MR) is 138 cm³/mol. The maximum atomic E-state index is 13.8. The molecule has 3 aromatic rings. The number of hydrogen-bond acceptors (Lipinski definition) is 6. The van der Waals surface area contributed by atoms with Crippen LogP contribution in [0.15, 0.2) is 82.1 Å². The number of benzene rings is 3. The van der Waals surface area contributed by atoms with E-state index in [9.17, 15) is 22.5 Å². The highest BCUT2D eigenvalue weighted by Gasteiger charge is 2.40. The highest BCUT2D eigenvalue weighted by molar-refractivity contribution is 7.91. The van der Waals surface area contributed by atoms with Crippen LogP contribution in [0.4, 0.5) is 24.5 Å². The third-order valence-electron chi connectivity index (χ3n) is 6.86. The van der Waals surface area contributed by atoms with E-state index in [0.717, 1.165) is 35.5 Å². The van der Waals surface area contributed by atoms with E-state index in [0.29, 0.717) is 25.2 Å². The van der Waals surface area contributed by atoms with Gasteiger partial charge in [0.05, 0.1) is 22.7 Å². The number of para-hydroxylation sites is 3. The molecule has 1 aliphatic carbocycles. The number of ether oxygens (including phenoxy) is 2. The Hall–Kier alpha value is -3.28. The Morgan fingerprint density at radius 1 is 1.03 bits per heavy atom. The highest BCUT2D eigenvalue weighted by atomic mass is 32.2. The molecule has 2 N–H and O–H groups in total. The van der Waals surface area contributed by atoms with Gasteiger partial charge in [0.2, 0.25) is 0 Å². The Morgan fingerprint density at radius 3 is 2.42 bits per heavy atom. The third-order valence-corrected chi connectivity index (χ3v) is 8.90. The number of halogens is 3. The molecular weight excluding hydrogens is 519 g/mol. The van der Waals surface area contributed by atoms with Crippen molar-refractivity contribution in [1.82, 2.24) is 4.72 Å². The minimum absolute atomic E-state index is 0.197. The lowest BCUT2D eigenvalue weighted by Crippen LogP contribution is -2.55. The molecule has 4 unspecified atom stereocenters. The van der Waals surface area contributed by atoms with E-state index in [1.807, 2.05) is 48.5 Å². The minimum Gasteiger partial charge on any atom is -0.487 e. The number of anilines is 2. The molecule has 2 aliphatic rings. The molecule has 4 atom stereocenters. The maximum Gasteiger partial charge on any atom is 0.573 e. The Balaban J connectivity index is 1.44. The maximum absolute atomic E-state index is 13.8. The molecule has 38 heavy (non-hydrogen) atoms. The van der Waals surface area contributed by atoms with Crippen molar-refractivity contribution in [2.75, 3.05) is 11.9 Å². The summed E-state index contributed by atoms with van der Waals surface area (Å²) in [5.41, 5.74) is 2.76. The number of nitrogens with one attached hydrogen (secondary N) is 1. The predicted octanol–water partition coefficient (Wildman–Crippen LogP) is 5.56. The van der Waals surface area contributed by atoms with Crippen LogP contribution in [0.3, 0.4) is 0 Å². The van der Waals surface area contributed by atoms with Gasteiger partial charge < -0.3 is 19.5 Å². The largest absolute Gasteiger partial charge is 0.573 e. The van der Waals surface area contributed by atoms with Crippen LogP contribution in [0.2, 0.25) is 0 Å². The van der Waals surface area contributed by atoms with Crippen molar-refractivity contribution in [1.29, 1.82) is 0 Å². The molecule has 0 amide bonds. The van der Waals surface area contributed by atoms with Gasteiger partial charge in [-0.05, 0) is 61.7 Å². The zero-order valence-corrected chi connectivity index (χ0v) is 21.4. The number of aliphatic hydroxyl groups excluding tert-OH is 1. The summed E-state index contributed by atoms with van der Waals surface area (Å²) in [6.45, 7) is 0.394. The van der Waals surface area contributed by atoms with E-state index in [1.54, 1.807) is 0 Å². The van der Waals surface area contributed by atoms with Gasteiger partial charge in [0.15, 0.2) is 0 Å². The quantitative estimate of drug-likeness (QED) is 0.437. The van der Waals surface area contributed by atoms with Gasteiger partial charge in [-0.15, -0.1) is 13.2 Å². The third kappa shape index (κ3) is 5.31. The van der Waals surface area contributed by atoms with Gasteiger partial charge in [-0.3, -0.25) is 0 Å². The van der Waals surface area contributed by atoms with Crippen LogP contribution in [0.1, 0.15) is 24.8 Å². The monoisotopic (exact) mass is 547 g/mol. The number of nitrogens with zero attached hydrogens (tertiary/aromatic N) is 2. The van der Waals surface area contributed by atoms with Gasteiger partial charge in [0, 0.05) is 24.3 Å². The molecule has 0 saturated heterocycles. The van der Waals surface area contributed by atoms with E-state index in [2.05, 4.69) is 18.7 Å². The second kappa shape index (κ2) is 10.5. The fourth-order valence-electron chi connectivity index (χ4n) is 5.11. The first-order valence-electron chi connectivity index (χ1n) is 12.2. The number of alkyl halides is 3. The zero-order chi connectivity index (χ0) is 26.9. The first-order chi connectivity index (χ1) is 18.2. The van der Waals surface area contributed by atoms with Crippen molar-refractivity contribution in [2.24, 2.45) is 4.36 Å². The standard InChI is InChI=1S/C27H28F3N3O4S/c1-31-38(35,20-15-13-19(14-16-20)37-27(28,29)30)32-21-8-6-11-24(26(21)34)33-22-9-3-2-7-18(22)17-36-25-12-5-4-10-23(25)33/h2-5,7,9-10,12-16,21,24,26,34H,6,8,11,17H2,1H3,(H,31,32,35). The topological polar surface area (TPSA) is 83.4 Å². The summed E-state index contributed by atoms with van der Waals surface area (Å²) in [5.74, 6) is 0.289. The van der Waals surface area contributed by atoms with Crippen LogP contribution in [0.25, 0.3) is 0 Å². The lowest BCUT2D eigenvalue weighted by atomic mass is 9.86. The van der Waals surface area contributed by atoms with Gasteiger partial charge in [-0.25, -0.2) is 13.3 Å². The van der Waals surface area contributed by atoms with E-state index in [-0.39, 0.29) is 10.9 Å². The number of rotatable bonds is 5. The molecule has 11 heteroatoms. The van der Waals surface area contributed by atoms with Crippen molar-refractivity contribution in [3.05, 3.63) is 78.4 Å². The Morgan fingerprint density at radius 2 is 1.71 bits per heavy atom. The van der Waals surface area contributed by atoms with Crippen molar-refractivity contribution in [3.63, 3.8) is 0 Å². The lowest BCUT2D eigenvalue weighted by molar-refractivity contribution is -0.274. The smallest absolute Gasteiger partial charge is 0.487 e. The second-order valence-corrected chi connectivity index (χ2v) is 11.3. The van der Waals surface area contributed by atoms with Crippen LogP contribution in [-0.4, -0.2) is 40.9 Å². The van der Waals surface area contributed by atoms with E-state index in [1.165, 1.54) is 19.2 Å². The first-order valence-corrected chi connectivity index (χ1v) is 13.8. The normalized spacial score (nSPS) is 22.8. The highest BCUT2D eigenvalue weighted by Crippen LogP contribution is 2.43. The van der Waals surface area contributed by atoms with Crippen LogP contribution in [-0.2, 0) is 16.5 Å². The van der Waals surface area contributed by atoms with E-state index < -0.39 is 34.2 Å². The van der Waals surface area contributed by atoms with Gasteiger partial charge in [-0.2, -0.15) is 0 Å². The summed E-state index contributed by atoms with van der Waals surface area (Å²) in [7, 11) is -1.87. The molecule has 0 aromatic heterocycles. The fourth-order valence-corrected chi connectivity index (χ4v) is 6.74. The first kappa shape index (κ1) is 26.3. The second-order valence-electron chi connectivity index (χ2n) is 9.20. The molecule has 202 valence electrons. The number of aliphatic hydroxyl groups is 1. The van der Waals surface area contributed by atoms with Crippen LogP contribution in [0.5, 0.6) is 11.5 Å². The lowest BCUT2D eigenvalue weighted by Gasteiger charge is -2.43. The molecule has 0 bridgehead atoms. The SMILES string of the molecule is CN=S(=O)(NC1CCCC(N2c3ccccc3COc3ccccc32)C1O)c1ccc(OC(F)(F)F)cc1. The Kier molecular flexibility index (Phi) is 7.26. The average Bonchev–Trinajstić information content (AvgIpc) is 3.06. The van der Waals surface area contributed by atoms with E-state index in [4.69, 9.17) is 4.74 Å². The molecule has 7 nitrogen and oxygen atoms in total. The van der Waals surface area contributed by atoms with Crippen LogP contribution in [0, 0.1) is 0 Å². The Bertz CT molecular complexity index is 1360. The molecule has 5 rings (SSSR count). The van der Waals surface area contributed by atoms with E-state index >= 15 is 0 Å². The average molecular weight is 548 g/mol. The summed E-state index contributed by atoms with van der Waals surface area (Å²) >= 11 is 0. The summed E-state index contributed by atoms with van der Waals surface area (Å²) < 4.78 is 68.5. The molecule has 0 radical (unpaired) electrons. The van der Waals surface area contributed by atoms with Crippen molar-refractivity contribution >= 4 is 21.3 Å². The summed E-state index contributed by atoms with van der Waals surface area (Å²) in [5, 5.41) is 11.6. The molecule has 1 saturated carbocycles. The Labute approximate surface area is 219 Å². The van der Waals surface area contributed by atoms with Crippen molar-refractivity contribution < 1.29 is 32.0 Å². The number of fused-ring (bicyclic) bond motifs is 2. The zero-order valence-electron chi connectivity index (χ0n) is 20.6. The van der Waals surface area contributed by atoms with Gasteiger partial charge in [-0.1, -0.05) is 30.3 Å². The molecule has 1 aliphatic heterocycles. The van der Waals surface area contributed by atoms with Gasteiger partial charge in [0.25, 0.3) is 0 Å². The van der Waals surface area contributed by atoms with Gasteiger partial charge in [0.1, 0.15) is 28.0 Å². The molecular formula is C27H28F3N3O4S.